The number of methoxy groups -OCH3 is 1. The number of furan rings is 1. The van der Waals surface area contributed by atoms with Gasteiger partial charge in [0.05, 0.1) is 31.2 Å². The fourth-order valence-corrected chi connectivity index (χ4v) is 4.04. The molecule has 3 aromatic rings. The van der Waals surface area contributed by atoms with Crippen molar-refractivity contribution < 1.29 is 9.15 Å². The van der Waals surface area contributed by atoms with Crippen molar-refractivity contribution in [1.82, 2.24) is 20.4 Å². The van der Waals surface area contributed by atoms with Gasteiger partial charge in [-0.1, -0.05) is 25.1 Å². The molecular weight excluding hydrogens is 410 g/mol. The number of hydrogen-bond donors (Lipinski definition) is 2. The quantitative estimate of drug-likeness (QED) is 0.205. The minimum absolute atomic E-state index is 0.502. The predicted molar refractivity (Wildman–Crippen MR) is 126 cm³/mol. The molecule has 166 valence electrons. The van der Waals surface area contributed by atoms with Gasteiger partial charge in [-0.15, -0.1) is 11.8 Å². The summed E-state index contributed by atoms with van der Waals surface area (Å²) in [6.45, 7) is 4.13. The van der Waals surface area contributed by atoms with Gasteiger partial charge in [-0.3, -0.25) is 0 Å². The molecule has 0 aliphatic carbocycles. The Balaban J connectivity index is 1.61. The van der Waals surface area contributed by atoms with E-state index in [1.165, 1.54) is 4.90 Å². The largest absolute Gasteiger partial charge is 0.481 e. The molecule has 31 heavy (non-hydrogen) atoms. The molecule has 2 heterocycles. The number of ether oxygens (including phenoxy) is 1. The summed E-state index contributed by atoms with van der Waals surface area (Å²) in [6, 6.07) is 14.3. The minimum atomic E-state index is 0.502. The van der Waals surface area contributed by atoms with Gasteiger partial charge < -0.3 is 19.8 Å². The molecule has 0 saturated carbocycles. The van der Waals surface area contributed by atoms with Gasteiger partial charge >= 0.3 is 0 Å². The molecule has 3 rings (SSSR count). The molecule has 0 amide bonds. The maximum atomic E-state index is 5.54. The van der Waals surface area contributed by atoms with Crippen molar-refractivity contribution >= 4 is 17.7 Å². The number of hydrogen-bond acceptors (Lipinski definition) is 5. The smallest absolute Gasteiger partial charge is 0.216 e. The fourth-order valence-electron chi connectivity index (χ4n) is 3.25. The summed E-state index contributed by atoms with van der Waals surface area (Å²) >= 11 is 1.82. The average molecular weight is 442 g/mol. The van der Waals surface area contributed by atoms with Gasteiger partial charge in [-0.2, -0.15) is 5.10 Å². The lowest BCUT2D eigenvalue weighted by Gasteiger charge is -2.13. The van der Waals surface area contributed by atoms with E-state index >= 15 is 0 Å². The number of thioether (sulfide) groups is 1. The number of aliphatic imine (C=N–C) groups is 1. The van der Waals surface area contributed by atoms with Crippen LogP contribution in [-0.2, 0) is 26.4 Å². The van der Waals surface area contributed by atoms with Crippen LogP contribution in [-0.4, -0.2) is 41.7 Å². The van der Waals surface area contributed by atoms with Crippen LogP contribution in [0.15, 0.2) is 63.0 Å². The zero-order valence-corrected chi connectivity index (χ0v) is 19.2. The van der Waals surface area contributed by atoms with Crippen LogP contribution in [0.5, 0.6) is 5.88 Å². The molecule has 0 aliphatic heterocycles. The maximum absolute atomic E-state index is 5.54. The van der Waals surface area contributed by atoms with Crippen molar-refractivity contribution in [3.63, 3.8) is 0 Å². The molecule has 0 fully saturated rings. The van der Waals surface area contributed by atoms with E-state index in [0.29, 0.717) is 6.54 Å². The number of guanidine groups is 1. The summed E-state index contributed by atoms with van der Waals surface area (Å²) in [4.78, 5) is 6.07. The number of nitrogens with one attached hydrogen (secondary N) is 2. The van der Waals surface area contributed by atoms with Gasteiger partial charge in [-0.05, 0) is 30.7 Å². The second-order valence-corrected chi connectivity index (χ2v) is 8.09. The van der Waals surface area contributed by atoms with Gasteiger partial charge in [0, 0.05) is 37.2 Å². The van der Waals surface area contributed by atoms with Crippen molar-refractivity contribution in [2.24, 2.45) is 12.0 Å². The molecule has 1 aromatic carbocycles. The third-order valence-electron chi connectivity index (χ3n) is 4.75. The Morgan fingerprint density at radius 1 is 1.16 bits per heavy atom. The number of nitrogens with zero attached hydrogens (tertiary/aromatic N) is 3. The third-order valence-corrected chi connectivity index (χ3v) is 5.76. The van der Waals surface area contributed by atoms with Crippen molar-refractivity contribution in [3.05, 3.63) is 65.7 Å². The Bertz CT molecular complexity index is 939. The number of rotatable bonds is 11. The summed E-state index contributed by atoms with van der Waals surface area (Å²) in [5.74, 6) is 3.43. The lowest BCUT2D eigenvalue weighted by molar-refractivity contribution is 0.369. The summed E-state index contributed by atoms with van der Waals surface area (Å²) < 4.78 is 12.7. The highest BCUT2D eigenvalue weighted by molar-refractivity contribution is 7.99. The van der Waals surface area contributed by atoms with Crippen LogP contribution in [0, 0.1) is 0 Å². The summed E-state index contributed by atoms with van der Waals surface area (Å²) in [7, 11) is 3.57. The summed E-state index contributed by atoms with van der Waals surface area (Å²) in [6.07, 6.45) is 3.33. The first-order valence-electron chi connectivity index (χ1n) is 10.5. The molecule has 0 bridgehead atoms. The third kappa shape index (κ3) is 6.82. The van der Waals surface area contributed by atoms with Crippen molar-refractivity contribution in [2.45, 2.75) is 31.2 Å². The molecule has 8 heteroatoms. The molecule has 0 aliphatic rings. The van der Waals surface area contributed by atoms with E-state index in [-0.39, 0.29) is 0 Å². The SMILES string of the molecule is CCc1nn(C)c(OC)c1CN=C(NCCSc1ccccc1)NCCc1ccco1. The molecule has 7 nitrogen and oxygen atoms in total. The molecule has 2 N–H and O–H groups in total. The molecule has 2 aromatic heterocycles. The molecule has 0 saturated heterocycles. The standard InChI is InChI=1S/C23H31N5O2S/c1-4-21-20(22(29-3)28(2)27-21)17-26-23(24-13-12-18-9-8-15-30-18)25-14-16-31-19-10-6-5-7-11-19/h5-11,15H,4,12-14,16-17H2,1-3H3,(H2,24,25,26). The Kier molecular flexibility index (Phi) is 8.90. The van der Waals surface area contributed by atoms with Crippen LogP contribution in [0.2, 0.25) is 0 Å². The zero-order chi connectivity index (χ0) is 21.9. The van der Waals surface area contributed by atoms with Crippen LogP contribution in [0.3, 0.4) is 0 Å². The van der Waals surface area contributed by atoms with Gasteiger partial charge in [0.1, 0.15) is 5.76 Å². The van der Waals surface area contributed by atoms with E-state index in [0.717, 1.165) is 60.5 Å². The highest BCUT2D eigenvalue weighted by atomic mass is 32.2. The van der Waals surface area contributed by atoms with E-state index < -0.39 is 0 Å². The van der Waals surface area contributed by atoms with Crippen molar-refractivity contribution in [2.75, 3.05) is 26.0 Å². The first-order valence-corrected chi connectivity index (χ1v) is 11.5. The van der Waals surface area contributed by atoms with Crippen LogP contribution in [0.25, 0.3) is 0 Å². The second-order valence-electron chi connectivity index (χ2n) is 6.92. The molecular formula is C23H31N5O2S. The van der Waals surface area contributed by atoms with Crippen LogP contribution >= 0.6 is 11.8 Å². The van der Waals surface area contributed by atoms with Gasteiger partial charge in [0.25, 0.3) is 0 Å². The number of benzene rings is 1. The van der Waals surface area contributed by atoms with Crippen LogP contribution in [0.1, 0.15) is 23.9 Å². The van der Waals surface area contributed by atoms with E-state index in [1.54, 1.807) is 18.1 Å². The Morgan fingerprint density at radius 3 is 2.68 bits per heavy atom. The Labute approximate surface area is 188 Å². The summed E-state index contributed by atoms with van der Waals surface area (Å²) in [5.41, 5.74) is 2.04. The average Bonchev–Trinajstić information content (AvgIpc) is 3.42. The first kappa shape index (κ1) is 22.8. The monoisotopic (exact) mass is 441 g/mol. The molecule has 0 radical (unpaired) electrons. The van der Waals surface area contributed by atoms with Crippen LogP contribution < -0.4 is 15.4 Å². The predicted octanol–water partition coefficient (Wildman–Crippen LogP) is 3.65. The molecule has 0 atom stereocenters. The topological polar surface area (TPSA) is 76.6 Å². The number of aromatic nitrogens is 2. The highest BCUT2D eigenvalue weighted by Gasteiger charge is 2.15. The van der Waals surface area contributed by atoms with E-state index in [2.05, 4.69) is 46.9 Å². The van der Waals surface area contributed by atoms with Gasteiger partial charge in [0.2, 0.25) is 5.88 Å². The highest BCUT2D eigenvalue weighted by Crippen LogP contribution is 2.23. The molecule has 0 spiro atoms. The van der Waals surface area contributed by atoms with Gasteiger partial charge in [0.15, 0.2) is 5.96 Å². The first-order chi connectivity index (χ1) is 15.2. The Morgan fingerprint density at radius 2 is 1.97 bits per heavy atom. The zero-order valence-electron chi connectivity index (χ0n) is 18.4. The van der Waals surface area contributed by atoms with E-state index in [1.807, 2.05) is 37.0 Å². The van der Waals surface area contributed by atoms with Crippen LogP contribution in [0.4, 0.5) is 0 Å². The molecule has 0 unspecified atom stereocenters. The Hall–Kier alpha value is -2.87. The second kappa shape index (κ2) is 12.1. The van der Waals surface area contributed by atoms with Crippen molar-refractivity contribution in [3.8, 4) is 5.88 Å². The lowest BCUT2D eigenvalue weighted by Crippen LogP contribution is -2.39. The maximum Gasteiger partial charge on any atom is 0.216 e. The lowest BCUT2D eigenvalue weighted by atomic mass is 10.2. The van der Waals surface area contributed by atoms with E-state index in [4.69, 9.17) is 14.1 Å². The minimum Gasteiger partial charge on any atom is -0.481 e. The van der Waals surface area contributed by atoms with Gasteiger partial charge in [-0.25, -0.2) is 9.67 Å². The summed E-state index contributed by atoms with van der Waals surface area (Å²) in [5, 5.41) is 11.4. The number of aryl methyl sites for hydroxylation is 2. The van der Waals surface area contributed by atoms with Crippen molar-refractivity contribution in [1.29, 1.82) is 0 Å². The van der Waals surface area contributed by atoms with E-state index in [9.17, 15) is 0 Å². The normalized spacial score (nSPS) is 11.5. The fraction of sp³-hybridized carbons (Fsp3) is 0.391.